The molecule has 10 heteroatoms. The van der Waals surface area contributed by atoms with Crippen molar-refractivity contribution in [1.82, 2.24) is 24.7 Å². The quantitative estimate of drug-likeness (QED) is 0.401. The highest BCUT2D eigenvalue weighted by atomic mass is 16.5. The van der Waals surface area contributed by atoms with Crippen molar-refractivity contribution >= 4 is 17.4 Å². The molecule has 38 heavy (non-hydrogen) atoms. The summed E-state index contributed by atoms with van der Waals surface area (Å²) < 4.78 is 12.4. The smallest absolute Gasteiger partial charge is 0.338 e. The number of benzene rings is 1. The van der Waals surface area contributed by atoms with Gasteiger partial charge in [0.05, 0.1) is 17.9 Å². The molecule has 3 aliphatic heterocycles. The van der Waals surface area contributed by atoms with Gasteiger partial charge in [-0.25, -0.2) is 4.79 Å². The number of likely N-dealkylation sites (tertiary alicyclic amines) is 1. The molecule has 2 fully saturated rings. The van der Waals surface area contributed by atoms with Crippen molar-refractivity contribution in [2.75, 3.05) is 37.6 Å². The van der Waals surface area contributed by atoms with Crippen LogP contribution in [0.3, 0.4) is 0 Å². The summed E-state index contributed by atoms with van der Waals surface area (Å²) in [4.78, 5) is 16.6. The number of carbonyl (C=O) groups excluding carboxylic acids is 1. The predicted octanol–water partition coefficient (Wildman–Crippen LogP) is 3.39. The van der Waals surface area contributed by atoms with Gasteiger partial charge in [-0.1, -0.05) is 6.07 Å². The number of furan rings is 1. The Hall–Kier alpha value is -3.76. The molecule has 2 saturated heterocycles. The fourth-order valence-electron chi connectivity index (χ4n) is 6.33. The highest BCUT2D eigenvalue weighted by Crippen LogP contribution is 2.42. The average Bonchev–Trinajstić information content (AvgIpc) is 3.73. The zero-order valence-electron chi connectivity index (χ0n) is 21.3. The van der Waals surface area contributed by atoms with Crippen LogP contribution in [0.4, 0.5) is 5.82 Å². The molecule has 0 saturated carbocycles. The zero-order chi connectivity index (χ0) is 25.9. The Kier molecular flexibility index (Phi) is 5.48. The molecule has 196 valence electrons. The van der Waals surface area contributed by atoms with Gasteiger partial charge in [0.1, 0.15) is 12.4 Å². The van der Waals surface area contributed by atoms with Crippen LogP contribution in [0.2, 0.25) is 0 Å². The van der Waals surface area contributed by atoms with Gasteiger partial charge in [-0.2, -0.15) is 4.52 Å². The molecule has 4 aromatic rings. The van der Waals surface area contributed by atoms with Crippen molar-refractivity contribution in [3.63, 3.8) is 0 Å². The fraction of sp³-hybridized carbons (Fsp3) is 0.429. The van der Waals surface area contributed by atoms with Gasteiger partial charge >= 0.3 is 5.97 Å². The highest BCUT2D eigenvalue weighted by Gasteiger charge is 2.41. The summed E-state index contributed by atoms with van der Waals surface area (Å²) in [5.41, 5.74) is 4.34. The minimum atomic E-state index is -0.590. The second kappa shape index (κ2) is 8.92. The number of nitrogens with zero attached hydrogens (tertiary/aromatic N) is 6. The van der Waals surface area contributed by atoms with Crippen LogP contribution in [-0.4, -0.2) is 68.5 Å². The Morgan fingerprint density at radius 1 is 1.08 bits per heavy atom. The van der Waals surface area contributed by atoms with Crippen LogP contribution < -0.4 is 4.90 Å². The molecule has 0 radical (unpaired) electrons. The molecule has 1 N–H and O–H groups in total. The molecule has 3 aromatic heterocycles. The summed E-state index contributed by atoms with van der Waals surface area (Å²) >= 11 is 0. The van der Waals surface area contributed by atoms with Crippen LogP contribution in [0.5, 0.6) is 0 Å². The normalized spacial score (nSPS) is 19.8. The van der Waals surface area contributed by atoms with Crippen molar-refractivity contribution in [3.8, 4) is 11.6 Å². The first-order chi connectivity index (χ1) is 18.5. The third-order valence-electron chi connectivity index (χ3n) is 8.67. The molecule has 7 rings (SSSR count). The third-order valence-corrected chi connectivity index (χ3v) is 8.67. The maximum Gasteiger partial charge on any atom is 0.338 e. The van der Waals surface area contributed by atoms with Gasteiger partial charge in [0, 0.05) is 25.2 Å². The number of ether oxygens (including phenoxy) is 1. The fourth-order valence-corrected chi connectivity index (χ4v) is 6.33. The molecule has 0 bridgehead atoms. The molecule has 1 spiro atoms. The standard InChI is InChI=1S/C28H30N6O4/c1-18-19(4-5-20-21(18)16-38-27(20)36)22(35)15-32-11-8-28(9-12-32)10-13-33(17-28)25-7-6-24-29-30-26(34(24)31-25)23-3-2-14-37-23/h2-7,14,22,35H,8-13,15-17H2,1H3/t22-/m0/s1. The summed E-state index contributed by atoms with van der Waals surface area (Å²) in [5.74, 6) is 1.90. The van der Waals surface area contributed by atoms with Crippen molar-refractivity contribution in [3.05, 3.63) is 64.9 Å². The SMILES string of the molecule is Cc1c([C@@H](O)CN2CCC3(CC2)CCN(c2ccc4nnc(-c5ccco5)n4n2)C3)ccc2c1COC2=O. The monoisotopic (exact) mass is 514 g/mol. The summed E-state index contributed by atoms with van der Waals surface area (Å²) in [5, 5.41) is 24.4. The van der Waals surface area contributed by atoms with E-state index < -0.39 is 6.10 Å². The summed E-state index contributed by atoms with van der Waals surface area (Å²) in [6, 6.07) is 11.3. The third kappa shape index (κ3) is 3.86. The van der Waals surface area contributed by atoms with E-state index in [0.717, 1.165) is 67.9 Å². The molecule has 1 aromatic carbocycles. The van der Waals surface area contributed by atoms with Crippen molar-refractivity contribution in [1.29, 1.82) is 0 Å². The molecule has 3 aliphatic rings. The van der Waals surface area contributed by atoms with Gasteiger partial charge in [0.15, 0.2) is 11.4 Å². The van der Waals surface area contributed by atoms with E-state index in [2.05, 4.69) is 20.0 Å². The Bertz CT molecular complexity index is 1510. The average molecular weight is 515 g/mol. The van der Waals surface area contributed by atoms with E-state index in [4.69, 9.17) is 14.3 Å². The van der Waals surface area contributed by atoms with E-state index in [1.807, 2.05) is 37.3 Å². The van der Waals surface area contributed by atoms with Gasteiger partial charge in [0.25, 0.3) is 0 Å². The maximum absolute atomic E-state index is 11.9. The summed E-state index contributed by atoms with van der Waals surface area (Å²) in [6.07, 6.45) is 4.35. The number of fused-ring (bicyclic) bond motifs is 2. The summed E-state index contributed by atoms with van der Waals surface area (Å²) in [6.45, 7) is 6.71. The number of aromatic nitrogens is 4. The van der Waals surface area contributed by atoms with Gasteiger partial charge in [-0.3, -0.25) is 0 Å². The van der Waals surface area contributed by atoms with Gasteiger partial charge in [0.2, 0.25) is 5.82 Å². The predicted molar refractivity (Wildman–Crippen MR) is 139 cm³/mol. The Labute approximate surface area is 219 Å². The van der Waals surface area contributed by atoms with Gasteiger partial charge in [-0.05, 0) is 86.1 Å². The lowest BCUT2D eigenvalue weighted by atomic mass is 9.77. The lowest BCUT2D eigenvalue weighted by Gasteiger charge is -2.40. The number of piperidine rings is 1. The number of esters is 1. The van der Waals surface area contributed by atoms with Crippen molar-refractivity contribution < 1.29 is 19.1 Å². The van der Waals surface area contributed by atoms with Gasteiger partial charge < -0.3 is 24.1 Å². The minimum Gasteiger partial charge on any atom is -0.461 e. The van der Waals surface area contributed by atoms with Crippen LogP contribution in [0.15, 0.2) is 47.1 Å². The van der Waals surface area contributed by atoms with Crippen LogP contribution in [0.25, 0.3) is 17.2 Å². The van der Waals surface area contributed by atoms with E-state index in [0.29, 0.717) is 35.9 Å². The number of hydrogen-bond donors (Lipinski definition) is 1. The number of hydrogen-bond acceptors (Lipinski definition) is 9. The van der Waals surface area contributed by atoms with E-state index in [1.165, 1.54) is 0 Å². The maximum atomic E-state index is 11.9. The molecule has 0 unspecified atom stereocenters. The number of aliphatic hydroxyl groups is 1. The van der Waals surface area contributed by atoms with Crippen LogP contribution in [0.1, 0.15) is 52.4 Å². The number of β-amino-alcohol motifs (C(OH)–C–C–N with tert-alkyl or cyclic N) is 1. The Balaban J connectivity index is 1.01. The number of anilines is 1. The molecule has 0 aliphatic carbocycles. The van der Waals surface area contributed by atoms with Crippen molar-refractivity contribution in [2.45, 2.75) is 38.9 Å². The van der Waals surface area contributed by atoms with E-state index >= 15 is 0 Å². The van der Waals surface area contributed by atoms with E-state index in [-0.39, 0.29) is 11.4 Å². The highest BCUT2D eigenvalue weighted by molar-refractivity contribution is 5.93. The first kappa shape index (κ1) is 23.4. The molecule has 0 amide bonds. The lowest BCUT2D eigenvalue weighted by molar-refractivity contribution is 0.0534. The zero-order valence-corrected chi connectivity index (χ0v) is 21.3. The second-order valence-corrected chi connectivity index (χ2v) is 10.8. The van der Waals surface area contributed by atoms with Crippen molar-refractivity contribution in [2.24, 2.45) is 5.41 Å². The summed E-state index contributed by atoms with van der Waals surface area (Å²) in [7, 11) is 0. The van der Waals surface area contributed by atoms with Crippen LogP contribution in [0, 0.1) is 12.3 Å². The minimum absolute atomic E-state index is 0.260. The first-order valence-electron chi connectivity index (χ1n) is 13.2. The van der Waals surface area contributed by atoms with E-state index in [1.54, 1.807) is 16.8 Å². The number of carbonyl (C=O) groups is 1. The Morgan fingerprint density at radius 2 is 1.92 bits per heavy atom. The number of aliphatic hydroxyl groups excluding tert-OH is 1. The lowest BCUT2D eigenvalue weighted by Crippen LogP contribution is -2.43. The van der Waals surface area contributed by atoms with Gasteiger partial charge in [-0.15, -0.1) is 15.3 Å². The first-order valence-corrected chi connectivity index (χ1v) is 13.2. The molecular formula is C28H30N6O4. The van der Waals surface area contributed by atoms with E-state index in [9.17, 15) is 9.90 Å². The molecule has 1 atom stereocenters. The van der Waals surface area contributed by atoms with Crippen LogP contribution >= 0.6 is 0 Å². The largest absolute Gasteiger partial charge is 0.461 e. The Morgan fingerprint density at radius 3 is 2.74 bits per heavy atom. The molecule has 6 heterocycles. The number of cyclic esters (lactones) is 1. The molecular weight excluding hydrogens is 484 g/mol. The topological polar surface area (TPSA) is 109 Å². The second-order valence-electron chi connectivity index (χ2n) is 10.8. The molecule has 10 nitrogen and oxygen atoms in total. The number of rotatable bonds is 5. The van der Waals surface area contributed by atoms with Crippen LogP contribution in [-0.2, 0) is 11.3 Å².